The van der Waals surface area contributed by atoms with Crippen LogP contribution in [0, 0.1) is 0 Å². The number of anilines is 1. The predicted molar refractivity (Wildman–Crippen MR) is 70.6 cm³/mol. The van der Waals surface area contributed by atoms with Gasteiger partial charge in [0, 0.05) is 18.7 Å². The van der Waals surface area contributed by atoms with E-state index in [1.54, 1.807) is 0 Å². The van der Waals surface area contributed by atoms with E-state index in [1.807, 2.05) is 24.3 Å². The number of unbranched alkanes of at least 4 members (excludes halogenated alkanes) is 1. The van der Waals surface area contributed by atoms with Crippen molar-refractivity contribution in [2.24, 2.45) is 11.5 Å². The van der Waals surface area contributed by atoms with Crippen molar-refractivity contribution >= 4 is 11.6 Å². The Balaban J connectivity index is 2.51. The van der Waals surface area contributed by atoms with Crippen molar-refractivity contribution in [3.05, 3.63) is 29.8 Å². The molecule has 0 aliphatic heterocycles. The minimum absolute atomic E-state index is 0.0490. The van der Waals surface area contributed by atoms with Gasteiger partial charge in [0.1, 0.15) is 0 Å². The van der Waals surface area contributed by atoms with Gasteiger partial charge in [0.15, 0.2) is 0 Å². The molecule has 0 aromatic heterocycles. The zero-order valence-electron chi connectivity index (χ0n) is 10.3. The molecule has 1 rings (SSSR count). The molecule has 0 unspecified atom stereocenters. The molecular weight excluding hydrogens is 214 g/mol. The number of nitrogens with two attached hydrogens (primary N) is 2. The number of hydrogen-bond donors (Lipinski definition) is 3. The lowest BCUT2D eigenvalue weighted by Gasteiger charge is -2.12. The fourth-order valence-corrected chi connectivity index (χ4v) is 1.69. The van der Waals surface area contributed by atoms with E-state index in [0.717, 1.165) is 30.5 Å². The minimum Gasteiger partial charge on any atom is -0.330 e. The van der Waals surface area contributed by atoms with Gasteiger partial charge in [-0.25, -0.2) is 0 Å². The van der Waals surface area contributed by atoms with Crippen LogP contribution in [0.1, 0.15) is 37.8 Å². The summed E-state index contributed by atoms with van der Waals surface area (Å²) >= 11 is 0. The highest BCUT2D eigenvalue weighted by molar-refractivity contribution is 5.88. The first-order valence-electron chi connectivity index (χ1n) is 5.96. The van der Waals surface area contributed by atoms with E-state index >= 15 is 0 Å². The van der Waals surface area contributed by atoms with Gasteiger partial charge in [0.2, 0.25) is 5.91 Å². The van der Waals surface area contributed by atoms with Crippen LogP contribution in [0.25, 0.3) is 0 Å². The molecule has 17 heavy (non-hydrogen) atoms. The third-order valence-electron chi connectivity index (χ3n) is 2.63. The quantitative estimate of drug-likeness (QED) is 0.657. The Morgan fingerprint density at radius 2 is 1.94 bits per heavy atom. The Morgan fingerprint density at radius 3 is 2.47 bits per heavy atom. The van der Waals surface area contributed by atoms with Crippen molar-refractivity contribution in [1.29, 1.82) is 0 Å². The highest BCUT2D eigenvalue weighted by atomic mass is 16.1. The average molecular weight is 235 g/mol. The Bertz CT molecular complexity index is 348. The summed E-state index contributed by atoms with van der Waals surface area (Å²) in [5, 5.41) is 2.73. The fraction of sp³-hybridized carbons (Fsp3) is 0.462. The van der Waals surface area contributed by atoms with Crippen molar-refractivity contribution in [2.45, 2.75) is 32.2 Å². The van der Waals surface area contributed by atoms with Crippen LogP contribution in [0.5, 0.6) is 0 Å². The Hall–Kier alpha value is -1.39. The lowest BCUT2D eigenvalue weighted by molar-refractivity contribution is -0.114. The molecule has 94 valence electrons. The summed E-state index contributed by atoms with van der Waals surface area (Å²) in [5.41, 5.74) is 13.4. The molecule has 1 aromatic rings. The molecule has 0 bridgehead atoms. The normalized spacial score (nSPS) is 12.2. The second kappa shape index (κ2) is 7.04. The first-order chi connectivity index (χ1) is 8.13. The Kier molecular flexibility index (Phi) is 5.66. The summed E-state index contributed by atoms with van der Waals surface area (Å²) in [6, 6.07) is 7.71. The first kappa shape index (κ1) is 13.7. The maximum atomic E-state index is 10.9. The van der Waals surface area contributed by atoms with E-state index in [0.29, 0.717) is 6.54 Å². The van der Waals surface area contributed by atoms with Crippen LogP contribution in [0.2, 0.25) is 0 Å². The van der Waals surface area contributed by atoms with Gasteiger partial charge in [-0.3, -0.25) is 4.79 Å². The van der Waals surface area contributed by atoms with Crippen LogP contribution >= 0.6 is 0 Å². The fourth-order valence-electron chi connectivity index (χ4n) is 1.69. The zero-order valence-corrected chi connectivity index (χ0v) is 10.3. The van der Waals surface area contributed by atoms with Gasteiger partial charge in [0.25, 0.3) is 0 Å². The van der Waals surface area contributed by atoms with E-state index in [9.17, 15) is 4.79 Å². The second-order valence-electron chi connectivity index (χ2n) is 4.19. The van der Waals surface area contributed by atoms with Crippen LogP contribution < -0.4 is 16.8 Å². The molecule has 0 fully saturated rings. The average Bonchev–Trinajstić information content (AvgIpc) is 2.29. The molecule has 0 saturated heterocycles. The molecule has 0 saturated carbocycles. The summed E-state index contributed by atoms with van der Waals surface area (Å²) in [6.07, 6.45) is 3.00. The van der Waals surface area contributed by atoms with E-state index in [1.165, 1.54) is 6.92 Å². The van der Waals surface area contributed by atoms with Gasteiger partial charge in [-0.15, -0.1) is 0 Å². The summed E-state index contributed by atoms with van der Waals surface area (Å²) in [5.74, 6) is -0.0648. The molecule has 1 aromatic carbocycles. The van der Waals surface area contributed by atoms with Gasteiger partial charge in [-0.2, -0.15) is 0 Å². The van der Waals surface area contributed by atoms with Crippen molar-refractivity contribution < 1.29 is 4.79 Å². The van der Waals surface area contributed by atoms with Crippen LogP contribution in [0.15, 0.2) is 24.3 Å². The zero-order chi connectivity index (χ0) is 12.7. The van der Waals surface area contributed by atoms with E-state index in [2.05, 4.69) is 5.32 Å². The van der Waals surface area contributed by atoms with Crippen LogP contribution in [0.3, 0.4) is 0 Å². The molecule has 0 aliphatic rings. The van der Waals surface area contributed by atoms with Gasteiger partial charge in [0.05, 0.1) is 0 Å². The summed E-state index contributed by atoms with van der Waals surface area (Å²) in [4.78, 5) is 10.9. The minimum atomic E-state index is -0.0648. The van der Waals surface area contributed by atoms with E-state index < -0.39 is 0 Å². The standard InChI is InChI=1S/C13H21N3O/c1-10(17)16-12-7-5-11(6-8-12)13(15)4-2-3-9-14/h5-8,13H,2-4,9,14-15H2,1H3,(H,16,17)/t13-/m1/s1. The molecule has 0 radical (unpaired) electrons. The van der Waals surface area contributed by atoms with Crippen molar-refractivity contribution in [3.8, 4) is 0 Å². The summed E-state index contributed by atoms with van der Waals surface area (Å²) in [6.45, 7) is 2.21. The number of carbonyl (C=O) groups is 1. The predicted octanol–water partition coefficient (Wildman–Crippen LogP) is 1.77. The highest BCUT2D eigenvalue weighted by Crippen LogP contribution is 2.18. The van der Waals surface area contributed by atoms with Crippen LogP contribution in [-0.2, 0) is 4.79 Å². The third kappa shape index (κ3) is 4.97. The third-order valence-corrected chi connectivity index (χ3v) is 2.63. The molecule has 0 aliphatic carbocycles. The van der Waals surface area contributed by atoms with Crippen molar-refractivity contribution in [1.82, 2.24) is 0 Å². The molecule has 5 N–H and O–H groups in total. The number of amides is 1. The number of nitrogens with one attached hydrogen (secondary N) is 1. The molecule has 4 heteroatoms. The van der Waals surface area contributed by atoms with E-state index in [-0.39, 0.29) is 11.9 Å². The Labute approximate surface area is 102 Å². The number of hydrogen-bond acceptors (Lipinski definition) is 3. The van der Waals surface area contributed by atoms with Gasteiger partial charge >= 0.3 is 0 Å². The maximum Gasteiger partial charge on any atom is 0.221 e. The smallest absolute Gasteiger partial charge is 0.221 e. The maximum absolute atomic E-state index is 10.9. The van der Waals surface area contributed by atoms with Gasteiger partial charge < -0.3 is 16.8 Å². The first-order valence-corrected chi connectivity index (χ1v) is 5.96. The monoisotopic (exact) mass is 235 g/mol. The van der Waals surface area contributed by atoms with Gasteiger partial charge in [-0.05, 0) is 37.1 Å². The van der Waals surface area contributed by atoms with E-state index in [4.69, 9.17) is 11.5 Å². The highest BCUT2D eigenvalue weighted by Gasteiger charge is 2.05. The molecule has 1 atom stereocenters. The number of benzene rings is 1. The molecular formula is C13H21N3O. The lowest BCUT2D eigenvalue weighted by Crippen LogP contribution is -2.11. The molecule has 0 heterocycles. The lowest BCUT2D eigenvalue weighted by atomic mass is 10.0. The van der Waals surface area contributed by atoms with Crippen molar-refractivity contribution in [2.75, 3.05) is 11.9 Å². The topological polar surface area (TPSA) is 81.1 Å². The van der Waals surface area contributed by atoms with Crippen LogP contribution in [-0.4, -0.2) is 12.5 Å². The SMILES string of the molecule is CC(=O)Nc1ccc([C@H](N)CCCCN)cc1. The number of rotatable bonds is 6. The van der Waals surface area contributed by atoms with Crippen LogP contribution in [0.4, 0.5) is 5.69 Å². The van der Waals surface area contributed by atoms with Gasteiger partial charge in [-0.1, -0.05) is 18.6 Å². The molecule has 1 amide bonds. The summed E-state index contributed by atoms with van der Waals surface area (Å²) in [7, 11) is 0. The molecule has 4 nitrogen and oxygen atoms in total. The summed E-state index contributed by atoms with van der Waals surface area (Å²) < 4.78 is 0. The largest absolute Gasteiger partial charge is 0.330 e. The second-order valence-corrected chi connectivity index (χ2v) is 4.19. The number of carbonyl (C=O) groups excluding carboxylic acids is 1. The Morgan fingerprint density at radius 1 is 1.29 bits per heavy atom. The molecule has 0 spiro atoms. The van der Waals surface area contributed by atoms with Crippen molar-refractivity contribution in [3.63, 3.8) is 0 Å².